The highest BCUT2D eigenvalue weighted by molar-refractivity contribution is 9.10. The second-order valence-electron chi connectivity index (χ2n) is 2.96. The molecular formula is C10H7Br2N3S. The fourth-order valence-corrected chi connectivity index (χ4v) is 3.00. The van der Waals surface area contributed by atoms with E-state index in [-0.39, 0.29) is 0 Å². The van der Waals surface area contributed by atoms with E-state index in [0.717, 1.165) is 9.37 Å². The molecule has 0 bridgehead atoms. The highest BCUT2D eigenvalue weighted by Crippen LogP contribution is 2.28. The van der Waals surface area contributed by atoms with E-state index >= 15 is 0 Å². The lowest BCUT2D eigenvalue weighted by Crippen LogP contribution is -1.94. The number of benzene rings is 1. The maximum atomic E-state index is 5.64. The van der Waals surface area contributed by atoms with E-state index in [4.69, 9.17) is 5.73 Å². The SMILES string of the molecule is Nc1cc(Br)nc(Sc2cccc(Br)c2)n1. The first-order valence-corrected chi connectivity index (χ1v) is 6.77. The largest absolute Gasteiger partial charge is 0.384 e. The van der Waals surface area contributed by atoms with Gasteiger partial charge in [-0.3, -0.25) is 0 Å². The van der Waals surface area contributed by atoms with Crippen LogP contribution in [0.25, 0.3) is 0 Å². The molecule has 0 amide bonds. The number of aromatic nitrogens is 2. The van der Waals surface area contributed by atoms with Crippen molar-refractivity contribution in [2.75, 3.05) is 5.73 Å². The molecule has 16 heavy (non-hydrogen) atoms. The van der Waals surface area contributed by atoms with Gasteiger partial charge in [-0.2, -0.15) is 0 Å². The van der Waals surface area contributed by atoms with Crippen molar-refractivity contribution in [3.8, 4) is 0 Å². The first-order valence-electron chi connectivity index (χ1n) is 4.37. The molecule has 0 aliphatic carbocycles. The van der Waals surface area contributed by atoms with Crippen molar-refractivity contribution < 1.29 is 0 Å². The highest BCUT2D eigenvalue weighted by Gasteiger charge is 2.03. The Bertz CT molecular complexity index is 499. The molecule has 2 aromatic rings. The molecule has 1 aromatic heterocycles. The molecule has 0 radical (unpaired) electrons. The van der Waals surface area contributed by atoms with Crippen molar-refractivity contribution in [1.82, 2.24) is 9.97 Å². The van der Waals surface area contributed by atoms with Gasteiger partial charge in [-0.25, -0.2) is 9.97 Å². The van der Waals surface area contributed by atoms with Crippen LogP contribution in [0.15, 0.2) is 49.5 Å². The molecule has 1 heterocycles. The summed E-state index contributed by atoms with van der Waals surface area (Å²) in [7, 11) is 0. The third kappa shape index (κ3) is 3.20. The van der Waals surface area contributed by atoms with Gasteiger partial charge in [0.05, 0.1) is 0 Å². The minimum atomic E-state index is 0.458. The predicted molar refractivity (Wildman–Crippen MR) is 72.4 cm³/mol. The molecule has 0 atom stereocenters. The highest BCUT2D eigenvalue weighted by atomic mass is 79.9. The molecule has 0 spiro atoms. The van der Waals surface area contributed by atoms with Crippen LogP contribution in [0, 0.1) is 0 Å². The average molecular weight is 361 g/mol. The Morgan fingerprint density at radius 2 is 1.94 bits per heavy atom. The Balaban J connectivity index is 2.27. The van der Waals surface area contributed by atoms with Crippen LogP contribution in [0.5, 0.6) is 0 Å². The van der Waals surface area contributed by atoms with Gasteiger partial charge < -0.3 is 5.73 Å². The third-order valence-electron chi connectivity index (χ3n) is 1.70. The fraction of sp³-hybridized carbons (Fsp3) is 0. The van der Waals surface area contributed by atoms with Gasteiger partial charge in [0.25, 0.3) is 0 Å². The summed E-state index contributed by atoms with van der Waals surface area (Å²) >= 11 is 8.17. The molecule has 2 N–H and O–H groups in total. The van der Waals surface area contributed by atoms with E-state index in [0.29, 0.717) is 15.6 Å². The lowest BCUT2D eigenvalue weighted by Gasteiger charge is -2.02. The van der Waals surface area contributed by atoms with Gasteiger partial charge in [0, 0.05) is 15.4 Å². The van der Waals surface area contributed by atoms with Crippen molar-refractivity contribution in [2.24, 2.45) is 0 Å². The molecular weight excluding hydrogens is 354 g/mol. The normalized spacial score (nSPS) is 10.4. The second-order valence-corrected chi connectivity index (χ2v) is 5.73. The quantitative estimate of drug-likeness (QED) is 0.654. The molecule has 3 nitrogen and oxygen atoms in total. The van der Waals surface area contributed by atoms with Crippen molar-refractivity contribution in [3.05, 3.63) is 39.4 Å². The summed E-state index contributed by atoms with van der Waals surface area (Å²) in [6.07, 6.45) is 0. The molecule has 0 aliphatic heterocycles. The summed E-state index contributed by atoms with van der Waals surface area (Å²) in [5, 5.41) is 0.630. The summed E-state index contributed by atoms with van der Waals surface area (Å²) in [6, 6.07) is 9.61. The lowest BCUT2D eigenvalue weighted by molar-refractivity contribution is 0.957. The van der Waals surface area contributed by atoms with Crippen LogP contribution in [0.2, 0.25) is 0 Å². The molecule has 0 saturated carbocycles. The molecule has 0 fully saturated rings. The van der Waals surface area contributed by atoms with Crippen LogP contribution in [0.1, 0.15) is 0 Å². The lowest BCUT2D eigenvalue weighted by atomic mass is 10.4. The third-order valence-corrected chi connectivity index (χ3v) is 3.45. The zero-order valence-corrected chi connectivity index (χ0v) is 12.0. The minimum absolute atomic E-state index is 0.458. The molecule has 0 unspecified atom stereocenters. The number of hydrogen-bond donors (Lipinski definition) is 1. The van der Waals surface area contributed by atoms with Crippen LogP contribution >= 0.6 is 43.6 Å². The Labute approximate surface area is 114 Å². The van der Waals surface area contributed by atoms with Crippen molar-refractivity contribution in [1.29, 1.82) is 0 Å². The Kier molecular flexibility index (Phi) is 3.83. The number of nitrogen functional groups attached to an aromatic ring is 1. The van der Waals surface area contributed by atoms with Gasteiger partial charge in [-0.15, -0.1) is 0 Å². The van der Waals surface area contributed by atoms with Crippen LogP contribution in [0.4, 0.5) is 5.82 Å². The maximum Gasteiger partial charge on any atom is 0.195 e. The van der Waals surface area contributed by atoms with Crippen LogP contribution in [-0.4, -0.2) is 9.97 Å². The van der Waals surface area contributed by atoms with Gasteiger partial charge >= 0.3 is 0 Å². The van der Waals surface area contributed by atoms with E-state index in [1.165, 1.54) is 11.8 Å². The zero-order valence-electron chi connectivity index (χ0n) is 8.02. The summed E-state index contributed by atoms with van der Waals surface area (Å²) in [5.41, 5.74) is 5.64. The van der Waals surface area contributed by atoms with Gasteiger partial charge in [-0.05, 0) is 45.9 Å². The van der Waals surface area contributed by atoms with Crippen molar-refractivity contribution in [2.45, 2.75) is 10.1 Å². The Hall–Kier alpha value is -0.590. The Morgan fingerprint density at radius 3 is 2.62 bits per heavy atom. The number of hydrogen-bond acceptors (Lipinski definition) is 4. The summed E-state index contributed by atoms with van der Waals surface area (Å²) in [6.45, 7) is 0. The van der Waals surface area contributed by atoms with Crippen molar-refractivity contribution >= 4 is 49.4 Å². The smallest absolute Gasteiger partial charge is 0.195 e. The molecule has 6 heteroatoms. The summed E-state index contributed by atoms with van der Waals surface area (Å²) < 4.78 is 1.72. The number of nitrogens with two attached hydrogens (primary N) is 1. The Morgan fingerprint density at radius 1 is 1.12 bits per heavy atom. The first-order chi connectivity index (χ1) is 7.63. The number of rotatable bonds is 2. The molecule has 82 valence electrons. The minimum Gasteiger partial charge on any atom is -0.384 e. The summed E-state index contributed by atoms with van der Waals surface area (Å²) in [4.78, 5) is 9.44. The average Bonchev–Trinajstić information content (AvgIpc) is 2.15. The van der Waals surface area contributed by atoms with Crippen LogP contribution < -0.4 is 5.73 Å². The maximum absolute atomic E-state index is 5.64. The summed E-state index contributed by atoms with van der Waals surface area (Å²) in [5.74, 6) is 0.458. The molecule has 2 rings (SSSR count). The van der Waals surface area contributed by atoms with E-state index in [1.807, 2.05) is 24.3 Å². The fourth-order valence-electron chi connectivity index (χ4n) is 1.09. The van der Waals surface area contributed by atoms with E-state index in [2.05, 4.69) is 41.8 Å². The number of nitrogens with zero attached hydrogens (tertiary/aromatic N) is 2. The van der Waals surface area contributed by atoms with Crippen LogP contribution in [-0.2, 0) is 0 Å². The monoisotopic (exact) mass is 359 g/mol. The molecule has 0 aliphatic rings. The first kappa shape index (κ1) is 11.9. The number of anilines is 1. The van der Waals surface area contributed by atoms with Gasteiger partial charge in [0.2, 0.25) is 0 Å². The van der Waals surface area contributed by atoms with Gasteiger partial charge in [0.15, 0.2) is 5.16 Å². The van der Waals surface area contributed by atoms with E-state index in [9.17, 15) is 0 Å². The number of halogens is 2. The van der Waals surface area contributed by atoms with Crippen molar-refractivity contribution in [3.63, 3.8) is 0 Å². The van der Waals surface area contributed by atoms with Gasteiger partial charge in [0.1, 0.15) is 10.4 Å². The predicted octanol–water partition coefficient (Wildman–Crippen LogP) is 3.74. The van der Waals surface area contributed by atoms with Crippen LogP contribution in [0.3, 0.4) is 0 Å². The zero-order chi connectivity index (χ0) is 11.5. The van der Waals surface area contributed by atoms with E-state index in [1.54, 1.807) is 6.07 Å². The molecule has 0 saturated heterocycles. The van der Waals surface area contributed by atoms with Gasteiger partial charge in [-0.1, -0.05) is 22.0 Å². The topological polar surface area (TPSA) is 51.8 Å². The standard InChI is InChI=1S/C10H7Br2N3S/c11-6-2-1-3-7(4-6)16-10-14-8(12)5-9(13)15-10/h1-5H,(H2,13,14,15). The molecule has 1 aromatic carbocycles. The van der Waals surface area contributed by atoms with E-state index < -0.39 is 0 Å². The second kappa shape index (κ2) is 5.16.